The summed E-state index contributed by atoms with van der Waals surface area (Å²) in [6.45, 7) is 4.10. The Morgan fingerprint density at radius 2 is 1.96 bits per heavy atom. The van der Waals surface area contributed by atoms with E-state index in [-0.39, 0.29) is 5.89 Å². The SMILES string of the molecule is Cc1cc(N)nc(C)c1CNC(=O)c1nc(Cc2ccccc2)no1. The lowest BCUT2D eigenvalue weighted by atomic mass is 10.1. The van der Waals surface area contributed by atoms with Crippen LogP contribution < -0.4 is 11.1 Å². The summed E-state index contributed by atoms with van der Waals surface area (Å²) in [6.07, 6.45) is 0.512. The summed E-state index contributed by atoms with van der Waals surface area (Å²) in [5.74, 6) is 0.470. The van der Waals surface area contributed by atoms with Crippen LogP contribution in [-0.2, 0) is 13.0 Å². The number of nitrogen functional groups attached to an aromatic ring is 1. The average molecular weight is 337 g/mol. The van der Waals surface area contributed by atoms with Gasteiger partial charge < -0.3 is 15.6 Å². The summed E-state index contributed by atoms with van der Waals surface area (Å²) in [5, 5.41) is 6.64. The van der Waals surface area contributed by atoms with Crippen LogP contribution in [0.1, 0.15) is 38.9 Å². The summed E-state index contributed by atoms with van der Waals surface area (Å²) in [7, 11) is 0. The monoisotopic (exact) mass is 337 g/mol. The Morgan fingerprint density at radius 3 is 2.68 bits per heavy atom. The number of nitrogens with zero attached hydrogens (tertiary/aromatic N) is 3. The highest BCUT2D eigenvalue weighted by Crippen LogP contribution is 2.14. The smallest absolute Gasteiger partial charge is 0.315 e. The highest BCUT2D eigenvalue weighted by molar-refractivity contribution is 5.89. The normalized spacial score (nSPS) is 10.6. The van der Waals surface area contributed by atoms with Gasteiger partial charge in [-0.1, -0.05) is 35.5 Å². The number of hydrogen-bond acceptors (Lipinski definition) is 6. The third kappa shape index (κ3) is 4.00. The standard InChI is InChI=1S/C18H19N5O2/c1-11-8-15(19)21-12(2)14(11)10-20-17(24)18-22-16(23-25-18)9-13-6-4-3-5-7-13/h3-8H,9-10H2,1-2H3,(H2,19,21)(H,20,24). The van der Waals surface area contributed by atoms with Crippen molar-refractivity contribution in [2.45, 2.75) is 26.8 Å². The molecule has 0 unspecified atom stereocenters. The zero-order chi connectivity index (χ0) is 17.8. The minimum atomic E-state index is -0.414. The molecule has 0 atom stereocenters. The topological polar surface area (TPSA) is 107 Å². The van der Waals surface area contributed by atoms with E-state index >= 15 is 0 Å². The van der Waals surface area contributed by atoms with Crippen LogP contribution in [0, 0.1) is 13.8 Å². The third-order valence-corrected chi connectivity index (χ3v) is 3.87. The van der Waals surface area contributed by atoms with Crippen molar-refractivity contribution in [3.05, 3.63) is 70.5 Å². The fraction of sp³-hybridized carbons (Fsp3) is 0.222. The summed E-state index contributed by atoms with van der Waals surface area (Å²) >= 11 is 0. The number of hydrogen-bond donors (Lipinski definition) is 2. The Labute approximate surface area is 145 Å². The van der Waals surface area contributed by atoms with Gasteiger partial charge in [-0.05, 0) is 36.6 Å². The number of aromatic nitrogens is 3. The van der Waals surface area contributed by atoms with Crippen LogP contribution in [0.15, 0.2) is 40.9 Å². The number of nitrogens with one attached hydrogen (secondary N) is 1. The van der Waals surface area contributed by atoms with Crippen LogP contribution in [0.3, 0.4) is 0 Å². The van der Waals surface area contributed by atoms with Crippen LogP contribution in [-0.4, -0.2) is 21.0 Å². The van der Waals surface area contributed by atoms with Crippen LogP contribution in [0.4, 0.5) is 5.82 Å². The molecule has 1 aromatic carbocycles. The summed E-state index contributed by atoms with van der Waals surface area (Å²) in [5.41, 5.74) is 9.44. The molecule has 25 heavy (non-hydrogen) atoms. The lowest BCUT2D eigenvalue weighted by molar-refractivity contribution is 0.0907. The molecule has 2 aromatic heterocycles. The molecule has 0 bridgehead atoms. The van der Waals surface area contributed by atoms with Crippen molar-refractivity contribution >= 4 is 11.7 Å². The third-order valence-electron chi connectivity index (χ3n) is 3.87. The van der Waals surface area contributed by atoms with Gasteiger partial charge in [0.25, 0.3) is 0 Å². The Hall–Kier alpha value is -3.22. The average Bonchev–Trinajstić information content (AvgIpc) is 3.03. The number of benzene rings is 1. The quantitative estimate of drug-likeness (QED) is 0.739. The summed E-state index contributed by atoms with van der Waals surface area (Å²) in [6, 6.07) is 11.5. The highest BCUT2D eigenvalue weighted by Gasteiger charge is 2.16. The molecule has 7 nitrogen and oxygen atoms in total. The van der Waals surface area contributed by atoms with Gasteiger partial charge in [-0.2, -0.15) is 4.98 Å². The predicted molar refractivity (Wildman–Crippen MR) is 92.8 cm³/mol. The molecule has 128 valence electrons. The first-order valence-electron chi connectivity index (χ1n) is 7.90. The highest BCUT2D eigenvalue weighted by atomic mass is 16.5. The molecular formula is C18H19N5O2. The van der Waals surface area contributed by atoms with E-state index in [1.807, 2.05) is 44.2 Å². The van der Waals surface area contributed by atoms with Gasteiger partial charge in [0, 0.05) is 18.7 Å². The van der Waals surface area contributed by atoms with Gasteiger partial charge in [-0.3, -0.25) is 4.79 Å². The molecule has 0 fully saturated rings. The molecule has 7 heteroatoms. The number of amides is 1. The second-order valence-electron chi connectivity index (χ2n) is 5.79. The van der Waals surface area contributed by atoms with Gasteiger partial charge in [0.05, 0.1) is 0 Å². The Kier molecular flexibility index (Phi) is 4.74. The predicted octanol–water partition coefficient (Wildman–Crippen LogP) is 2.18. The second-order valence-corrected chi connectivity index (χ2v) is 5.79. The van der Waals surface area contributed by atoms with Crippen LogP contribution >= 0.6 is 0 Å². The van der Waals surface area contributed by atoms with E-state index in [2.05, 4.69) is 20.4 Å². The molecule has 0 saturated heterocycles. The van der Waals surface area contributed by atoms with E-state index in [4.69, 9.17) is 10.3 Å². The van der Waals surface area contributed by atoms with Crippen molar-refractivity contribution in [3.63, 3.8) is 0 Å². The number of nitrogens with two attached hydrogens (primary N) is 1. The van der Waals surface area contributed by atoms with Crippen LogP contribution in [0.2, 0.25) is 0 Å². The number of carbonyl (C=O) groups excluding carboxylic acids is 1. The summed E-state index contributed by atoms with van der Waals surface area (Å²) in [4.78, 5) is 20.6. The number of pyridine rings is 1. The zero-order valence-corrected chi connectivity index (χ0v) is 14.1. The minimum Gasteiger partial charge on any atom is -0.384 e. The molecule has 3 N–H and O–H groups in total. The molecular weight excluding hydrogens is 318 g/mol. The number of rotatable bonds is 5. The molecule has 0 saturated carbocycles. The number of aryl methyl sites for hydroxylation is 2. The first-order chi connectivity index (χ1) is 12.0. The fourth-order valence-corrected chi connectivity index (χ4v) is 2.60. The molecule has 0 radical (unpaired) electrons. The molecule has 0 aliphatic carbocycles. The van der Waals surface area contributed by atoms with E-state index in [0.29, 0.717) is 24.6 Å². The Morgan fingerprint density at radius 1 is 1.20 bits per heavy atom. The van der Waals surface area contributed by atoms with Crippen LogP contribution in [0.5, 0.6) is 0 Å². The van der Waals surface area contributed by atoms with E-state index < -0.39 is 5.91 Å². The van der Waals surface area contributed by atoms with Gasteiger partial charge in [0.15, 0.2) is 5.82 Å². The molecule has 3 aromatic rings. The van der Waals surface area contributed by atoms with Gasteiger partial charge in [-0.25, -0.2) is 4.98 Å². The van der Waals surface area contributed by atoms with Crippen molar-refractivity contribution in [3.8, 4) is 0 Å². The first kappa shape index (κ1) is 16.6. The maximum Gasteiger partial charge on any atom is 0.315 e. The molecule has 0 spiro atoms. The Balaban J connectivity index is 1.64. The molecule has 1 amide bonds. The van der Waals surface area contributed by atoms with Crippen molar-refractivity contribution in [2.75, 3.05) is 5.73 Å². The fourth-order valence-electron chi connectivity index (χ4n) is 2.60. The summed E-state index contributed by atoms with van der Waals surface area (Å²) < 4.78 is 5.06. The molecule has 0 aliphatic rings. The van der Waals surface area contributed by atoms with Gasteiger partial charge in [0.2, 0.25) is 0 Å². The van der Waals surface area contributed by atoms with Crippen molar-refractivity contribution in [2.24, 2.45) is 0 Å². The molecule has 0 aliphatic heterocycles. The van der Waals surface area contributed by atoms with Gasteiger partial charge >= 0.3 is 11.8 Å². The Bertz CT molecular complexity index is 866. The number of anilines is 1. The second kappa shape index (κ2) is 7.12. The lowest BCUT2D eigenvalue weighted by Gasteiger charge is -2.10. The minimum absolute atomic E-state index is 0.0513. The van der Waals surface area contributed by atoms with Gasteiger partial charge in [0.1, 0.15) is 5.82 Å². The maximum atomic E-state index is 12.2. The van der Waals surface area contributed by atoms with E-state index in [9.17, 15) is 4.79 Å². The van der Waals surface area contributed by atoms with Crippen molar-refractivity contribution in [1.29, 1.82) is 0 Å². The van der Waals surface area contributed by atoms with Crippen molar-refractivity contribution in [1.82, 2.24) is 20.4 Å². The van der Waals surface area contributed by atoms with Crippen LogP contribution in [0.25, 0.3) is 0 Å². The van der Waals surface area contributed by atoms with E-state index in [0.717, 1.165) is 22.4 Å². The zero-order valence-electron chi connectivity index (χ0n) is 14.1. The van der Waals surface area contributed by atoms with Crippen molar-refractivity contribution < 1.29 is 9.32 Å². The molecule has 2 heterocycles. The van der Waals surface area contributed by atoms with E-state index in [1.165, 1.54) is 0 Å². The maximum absolute atomic E-state index is 12.2. The largest absolute Gasteiger partial charge is 0.384 e. The van der Waals surface area contributed by atoms with Gasteiger partial charge in [-0.15, -0.1) is 0 Å². The lowest BCUT2D eigenvalue weighted by Crippen LogP contribution is -2.24. The van der Waals surface area contributed by atoms with E-state index in [1.54, 1.807) is 6.07 Å². The molecule has 3 rings (SSSR count). The number of carbonyl (C=O) groups is 1. The first-order valence-corrected chi connectivity index (χ1v) is 7.90.